The first-order valence-electron chi connectivity index (χ1n) is 6.67. The zero-order valence-corrected chi connectivity index (χ0v) is 16.5. The smallest absolute Gasteiger partial charge is 0.688 e. The van der Waals surface area contributed by atoms with E-state index in [0.29, 0.717) is 5.75 Å². The molecule has 4 nitrogen and oxygen atoms in total. The average molecular weight is 343 g/mol. The van der Waals surface area contributed by atoms with Crippen molar-refractivity contribution in [3.05, 3.63) is 47.4 Å². The van der Waals surface area contributed by atoms with Gasteiger partial charge >= 0.3 is 19.5 Å². The Hall–Kier alpha value is -1.19. The van der Waals surface area contributed by atoms with Crippen LogP contribution in [-0.2, 0) is 24.3 Å². The molecule has 0 amide bonds. The Bertz CT molecular complexity index is 406. The Morgan fingerprint density at radius 3 is 2.19 bits per heavy atom. The second kappa shape index (κ2) is 13.8. The average Bonchev–Trinajstić information content (AvgIpc) is 2.35. The molecule has 0 aliphatic rings. The van der Waals surface area contributed by atoms with Gasteiger partial charge in [0.05, 0.1) is 0 Å². The van der Waals surface area contributed by atoms with Crippen LogP contribution in [0, 0.1) is 0 Å². The summed E-state index contributed by atoms with van der Waals surface area (Å²) in [6, 6.07) is 8.71. The second-order valence-electron chi connectivity index (χ2n) is 4.77. The summed E-state index contributed by atoms with van der Waals surface area (Å²) in [7, 11) is 4.08. The van der Waals surface area contributed by atoms with Gasteiger partial charge in [-0.15, -0.1) is 6.54 Å². The van der Waals surface area contributed by atoms with E-state index in [1.807, 2.05) is 27.1 Å². The van der Waals surface area contributed by atoms with Crippen molar-refractivity contribution in [3.8, 4) is 5.75 Å². The van der Waals surface area contributed by atoms with Crippen LogP contribution in [0.3, 0.4) is 0 Å². The summed E-state index contributed by atoms with van der Waals surface area (Å²) >= 11 is 0. The summed E-state index contributed by atoms with van der Waals surface area (Å²) < 4.78 is 0. The van der Waals surface area contributed by atoms with Crippen molar-refractivity contribution in [2.75, 3.05) is 27.2 Å². The number of aromatic hydroxyl groups is 1. The summed E-state index contributed by atoms with van der Waals surface area (Å²) in [4.78, 5) is 12.8. The van der Waals surface area contributed by atoms with Gasteiger partial charge in [-0.1, -0.05) is 31.5 Å². The van der Waals surface area contributed by atoms with Crippen LogP contribution in [0.2, 0.25) is 0 Å². The maximum Gasteiger partial charge on any atom is 2.00 e. The zero-order chi connectivity index (χ0) is 15.4. The number of hydrogen-bond acceptors (Lipinski definition) is 3. The van der Waals surface area contributed by atoms with Crippen molar-refractivity contribution in [3.63, 3.8) is 0 Å². The van der Waals surface area contributed by atoms with E-state index >= 15 is 0 Å². The van der Waals surface area contributed by atoms with Crippen LogP contribution in [0.4, 0.5) is 0 Å². The Morgan fingerprint density at radius 1 is 1.24 bits per heavy atom. The Balaban J connectivity index is 0. The molecule has 0 atom stereocenters. The number of para-hydroxylation sites is 1. The summed E-state index contributed by atoms with van der Waals surface area (Å²) in [6.45, 7) is 5.24. The van der Waals surface area contributed by atoms with Gasteiger partial charge < -0.3 is 15.3 Å². The minimum absolute atomic E-state index is 0. The Labute approximate surface area is 141 Å². The third-order valence-corrected chi connectivity index (χ3v) is 2.29. The molecular weight excluding hydrogens is 318 g/mol. The second-order valence-corrected chi connectivity index (χ2v) is 4.77. The minimum Gasteiger partial charge on any atom is -0.688 e. The van der Waals surface area contributed by atoms with E-state index in [-0.39, 0.29) is 25.3 Å². The fraction of sp³-hybridized carbons (Fsp3) is 0.438. The number of phenolic OH excluding ortho intramolecular Hbond substituents is 1. The van der Waals surface area contributed by atoms with E-state index in [0.717, 1.165) is 25.2 Å². The molecule has 21 heavy (non-hydrogen) atoms. The summed E-state index contributed by atoms with van der Waals surface area (Å²) in [5.74, 6) is 0.386. The van der Waals surface area contributed by atoms with Crippen LogP contribution in [0.1, 0.15) is 20.3 Å². The molecule has 0 bridgehead atoms. The predicted octanol–water partition coefficient (Wildman–Crippen LogP) is 3.19. The minimum atomic E-state index is 0. The Morgan fingerprint density at radius 2 is 1.81 bits per heavy atom. The molecular formula is C16H25N2O2Zn+. The monoisotopic (exact) mass is 341 g/mol. The number of allylic oxidation sites excluding steroid dienone is 2. The van der Waals surface area contributed by atoms with Gasteiger partial charge in [0.25, 0.3) is 0 Å². The number of hydrogen-bond donors (Lipinski definition) is 1. The van der Waals surface area contributed by atoms with Crippen molar-refractivity contribution in [2.45, 2.75) is 20.3 Å². The van der Waals surface area contributed by atoms with Crippen LogP contribution in [-0.4, -0.2) is 43.0 Å². The standard InChI is InChI=1S/C10H20N2O.C6H6O.Zn/c1-9(8-10(2)13)11-6-5-7-12(3)4;7-6-4-2-1-3-5-6;/h8H,5-7H2,1-4H3,(H,11,13);1-5,7H;/q;;+2/p-1. The maximum absolute atomic E-state index is 10.7. The van der Waals surface area contributed by atoms with Crippen molar-refractivity contribution < 1.29 is 29.4 Å². The Kier molecular flexibility index (Phi) is 14.5. The largest absolute Gasteiger partial charge is 2.00 e. The summed E-state index contributed by atoms with van der Waals surface area (Å²) in [6.07, 6.45) is 2.60. The molecule has 5 heteroatoms. The van der Waals surface area contributed by atoms with Gasteiger partial charge in [-0.05, 0) is 45.8 Å². The van der Waals surface area contributed by atoms with Gasteiger partial charge in [-0.2, -0.15) is 5.70 Å². The number of ketones is 1. The number of benzene rings is 1. The number of nitrogens with zero attached hydrogens (tertiary/aromatic N) is 2. The summed E-state index contributed by atoms with van der Waals surface area (Å²) in [5.41, 5.74) is 0.825. The van der Waals surface area contributed by atoms with Crippen molar-refractivity contribution in [2.24, 2.45) is 0 Å². The molecule has 1 N–H and O–H groups in total. The molecule has 0 fully saturated rings. The topological polar surface area (TPSA) is 54.6 Å². The number of phenols is 1. The van der Waals surface area contributed by atoms with Crippen LogP contribution < -0.4 is 0 Å². The van der Waals surface area contributed by atoms with E-state index in [1.165, 1.54) is 0 Å². The fourth-order valence-corrected chi connectivity index (χ4v) is 1.41. The maximum atomic E-state index is 10.7. The molecule has 0 unspecified atom stereocenters. The molecule has 0 aliphatic heterocycles. The zero-order valence-electron chi connectivity index (χ0n) is 13.5. The van der Waals surface area contributed by atoms with Crippen LogP contribution >= 0.6 is 0 Å². The normalized spacial score (nSPS) is 10.2. The molecule has 1 rings (SSSR count). The molecule has 1 aromatic rings. The first-order valence-corrected chi connectivity index (χ1v) is 6.67. The molecule has 0 radical (unpaired) electrons. The van der Waals surface area contributed by atoms with E-state index in [9.17, 15) is 4.79 Å². The molecule has 0 saturated heterocycles. The molecule has 0 aromatic heterocycles. The molecule has 0 saturated carbocycles. The van der Waals surface area contributed by atoms with Gasteiger partial charge in [0, 0.05) is 0 Å². The number of rotatable bonds is 6. The molecule has 1 aromatic carbocycles. The quantitative estimate of drug-likeness (QED) is 0.490. The summed E-state index contributed by atoms with van der Waals surface area (Å²) in [5, 5.41) is 12.9. The van der Waals surface area contributed by atoms with Crippen LogP contribution in [0.15, 0.2) is 42.1 Å². The van der Waals surface area contributed by atoms with Crippen molar-refractivity contribution >= 4 is 5.78 Å². The SMILES string of the molecule is CC(=O)/C=C(/C)[N-]CCCN(C)C.Oc1ccccc1.[Zn+2]. The molecule has 0 spiro atoms. The van der Waals surface area contributed by atoms with Crippen LogP contribution in [0.25, 0.3) is 5.32 Å². The van der Waals surface area contributed by atoms with Crippen LogP contribution in [0.5, 0.6) is 5.75 Å². The van der Waals surface area contributed by atoms with Crippen molar-refractivity contribution in [1.29, 1.82) is 0 Å². The van der Waals surface area contributed by atoms with E-state index in [2.05, 4.69) is 10.2 Å². The van der Waals surface area contributed by atoms with Gasteiger partial charge in [0.2, 0.25) is 0 Å². The first kappa shape index (κ1) is 22.1. The third kappa shape index (κ3) is 16.8. The number of carbonyl (C=O) groups excluding carboxylic acids is 1. The fourth-order valence-electron chi connectivity index (χ4n) is 1.41. The van der Waals surface area contributed by atoms with Crippen molar-refractivity contribution in [1.82, 2.24) is 4.90 Å². The van der Waals surface area contributed by atoms with Gasteiger partial charge in [-0.25, -0.2) is 0 Å². The van der Waals surface area contributed by atoms with E-state index in [1.54, 1.807) is 37.3 Å². The van der Waals surface area contributed by atoms with Gasteiger partial charge in [0.1, 0.15) is 5.75 Å². The van der Waals surface area contributed by atoms with Gasteiger partial charge in [-0.3, -0.25) is 4.79 Å². The molecule has 112 valence electrons. The van der Waals surface area contributed by atoms with Gasteiger partial charge in [0.15, 0.2) is 5.78 Å². The third-order valence-electron chi connectivity index (χ3n) is 2.29. The number of carbonyl (C=O) groups is 1. The molecule has 0 heterocycles. The molecule has 0 aliphatic carbocycles. The van der Waals surface area contributed by atoms with E-state index in [4.69, 9.17) is 5.11 Å². The first-order chi connectivity index (χ1) is 9.41. The van der Waals surface area contributed by atoms with E-state index < -0.39 is 0 Å². The predicted molar refractivity (Wildman–Crippen MR) is 83.9 cm³/mol.